The van der Waals surface area contributed by atoms with Crippen molar-refractivity contribution in [2.75, 3.05) is 33.2 Å². The summed E-state index contributed by atoms with van der Waals surface area (Å²) in [5.74, 6) is 0.303. The summed E-state index contributed by atoms with van der Waals surface area (Å²) in [5, 5.41) is 6.40. The Hall–Kier alpha value is -1.92. The predicted molar refractivity (Wildman–Crippen MR) is 106 cm³/mol. The summed E-state index contributed by atoms with van der Waals surface area (Å²) in [6.45, 7) is 9.53. The summed E-state index contributed by atoms with van der Waals surface area (Å²) >= 11 is 6.07. The zero-order valence-corrected chi connectivity index (χ0v) is 16.5. The molecular formula is C19H25ClFN5. The summed E-state index contributed by atoms with van der Waals surface area (Å²) in [5.41, 5.74) is 2.82. The van der Waals surface area contributed by atoms with E-state index in [1.54, 1.807) is 23.4 Å². The monoisotopic (exact) mass is 377 g/mol. The van der Waals surface area contributed by atoms with Gasteiger partial charge in [0.15, 0.2) is 5.82 Å². The Bertz CT molecular complexity index is 778. The van der Waals surface area contributed by atoms with Crippen LogP contribution in [-0.4, -0.2) is 60.2 Å². The van der Waals surface area contributed by atoms with Crippen molar-refractivity contribution >= 4 is 35.2 Å². The van der Waals surface area contributed by atoms with Gasteiger partial charge < -0.3 is 9.80 Å². The molecule has 0 atom stereocenters. The van der Waals surface area contributed by atoms with Gasteiger partial charge in [-0.15, -0.1) is 0 Å². The second kappa shape index (κ2) is 7.76. The zero-order chi connectivity index (χ0) is 18.8. The van der Waals surface area contributed by atoms with E-state index in [1.807, 2.05) is 13.8 Å². The van der Waals surface area contributed by atoms with Gasteiger partial charge in [0.1, 0.15) is 0 Å². The first-order valence-corrected chi connectivity index (χ1v) is 9.34. The molecule has 5 nitrogen and oxygen atoms in total. The Labute approximate surface area is 159 Å². The van der Waals surface area contributed by atoms with E-state index in [-0.39, 0.29) is 5.02 Å². The molecule has 0 saturated carbocycles. The van der Waals surface area contributed by atoms with Crippen LogP contribution >= 0.6 is 11.6 Å². The quantitative estimate of drug-likeness (QED) is 0.725. The largest absolute Gasteiger partial charge is 0.338 e. The van der Waals surface area contributed by atoms with E-state index >= 15 is 0 Å². The second-order valence-corrected chi connectivity index (χ2v) is 7.03. The van der Waals surface area contributed by atoms with Gasteiger partial charge in [-0.2, -0.15) is 5.10 Å². The fourth-order valence-electron chi connectivity index (χ4n) is 3.22. The number of nitrogens with zero attached hydrogens (tertiary/aromatic N) is 5. The van der Waals surface area contributed by atoms with Gasteiger partial charge in [-0.25, -0.2) is 14.4 Å². The lowest BCUT2D eigenvalue weighted by molar-refractivity contribution is 0.204. The highest BCUT2D eigenvalue weighted by atomic mass is 35.5. The van der Waals surface area contributed by atoms with E-state index in [0.29, 0.717) is 11.3 Å². The number of fused-ring (bicyclic) bond motifs is 1. The molecular weight excluding hydrogens is 353 g/mol. The summed E-state index contributed by atoms with van der Waals surface area (Å²) in [6.07, 6.45) is 2.49. The number of aliphatic imine (C=N–C) groups is 1. The molecule has 1 aromatic rings. The predicted octanol–water partition coefficient (Wildman–Crippen LogP) is 4.18. The number of halogens is 2. The van der Waals surface area contributed by atoms with Gasteiger partial charge in [0.25, 0.3) is 0 Å². The number of benzene rings is 1. The van der Waals surface area contributed by atoms with E-state index in [2.05, 4.69) is 28.9 Å². The maximum absolute atomic E-state index is 14.9. The molecule has 0 N–H and O–H groups in total. The van der Waals surface area contributed by atoms with Crippen molar-refractivity contribution in [2.45, 2.75) is 27.2 Å². The minimum Gasteiger partial charge on any atom is -0.338 e. The van der Waals surface area contributed by atoms with Crippen LogP contribution in [0.1, 0.15) is 32.8 Å². The van der Waals surface area contributed by atoms with Crippen molar-refractivity contribution in [1.29, 1.82) is 0 Å². The van der Waals surface area contributed by atoms with Crippen LogP contribution in [0, 0.1) is 5.82 Å². The third-order valence-electron chi connectivity index (χ3n) is 4.88. The first kappa shape index (κ1) is 18.9. The Balaban J connectivity index is 2.20. The third kappa shape index (κ3) is 3.35. The molecule has 0 aromatic heterocycles. The highest BCUT2D eigenvalue weighted by molar-refractivity contribution is 6.31. The van der Waals surface area contributed by atoms with Crippen LogP contribution in [0.15, 0.2) is 27.8 Å². The van der Waals surface area contributed by atoms with Gasteiger partial charge in [0.05, 0.1) is 22.0 Å². The van der Waals surface area contributed by atoms with Crippen molar-refractivity contribution in [3.63, 3.8) is 0 Å². The fraction of sp³-hybridized carbons (Fsp3) is 0.474. The number of hydrazone groups is 1. The summed E-state index contributed by atoms with van der Waals surface area (Å²) in [6, 6.07) is 3.35. The van der Waals surface area contributed by atoms with Crippen LogP contribution in [0.25, 0.3) is 5.70 Å². The lowest BCUT2D eigenvalue weighted by Gasteiger charge is -2.40. The zero-order valence-electron chi connectivity index (χ0n) is 15.8. The minimum absolute atomic E-state index is 0.101. The molecule has 1 aromatic carbocycles. The number of hydrogen-bond donors (Lipinski definition) is 0. The number of likely N-dealkylation sites (N-methyl/N-ethyl adjacent to an activating group) is 1. The maximum atomic E-state index is 14.9. The van der Waals surface area contributed by atoms with Crippen molar-refractivity contribution in [3.8, 4) is 0 Å². The maximum Gasteiger partial charge on any atom is 0.227 e. The van der Waals surface area contributed by atoms with Crippen LogP contribution in [-0.2, 0) is 0 Å². The number of allylic oxidation sites excluding steroid dienone is 1. The average Bonchev–Trinajstić information content (AvgIpc) is 2.65. The molecule has 1 saturated heterocycles. The first-order valence-electron chi connectivity index (χ1n) is 8.97. The topological polar surface area (TPSA) is 34.4 Å². The van der Waals surface area contributed by atoms with Gasteiger partial charge in [-0.3, -0.25) is 0 Å². The lowest BCUT2D eigenvalue weighted by Crippen LogP contribution is -2.51. The third-order valence-corrected chi connectivity index (χ3v) is 5.17. The minimum atomic E-state index is -0.440. The summed E-state index contributed by atoms with van der Waals surface area (Å²) in [7, 11) is 2.11. The SMILES string of the molecule is C/C=N\N1C(N2CCN(C)CC2)=Nc2ccc(Cl)c(F)c2C1=C(C)CC. The van der Waals surface area contributed by atoms with E-state index in [1.165, 1.54) is 0 Å². The molecule has 0 unspecified atom stereocenters. The number of hydrogen-bond acceptors (Lipinski definition) is 5. The second-order valence-electron chi connectivity index (χ2n) is 6.63. The van der Waals surface area contributed by atoms with Gasteiger partial charge in [0.2, 0.25) is 5.96 Å². The van der Waals surface area contributed by atoms with Crippen LogP contribution < -0.4 is 0 Å². The molecule has 26 heavy (non-hydrogen) atoms. The highest BCUT2D eigenvalue weighted by Crippen LogP contribution is 2.41. The summed E-state index contributed by atoms with van der Waals surface area (Å²) < 4.78 is 14.9. The van der Waals surface area contributed by atoms with Gasteiger partial charge in [-0.05, 0) is 45.0 Å². The van der Waals surface area contributed by atoms with Gasteiger partial charge >= 0.3 is 0 Å². The fourth-order valence-corrected chi connectivity index (χ4v) is 3.37. The molecule has 0 radical (unpaired) electrons. The molecule has 1 fully saturated rings. The Morgan fingerprint density at radius 1 is 1.31 bits per heavy atom. The standard InChI is InChI=1S/C19H25ClFN5/c1-5-13(3)18-16-15(8-7-14(20)17(16)21)23-19(26(18)22-6-2)25-11-9-24(4)10-12-25/h6-8H,5,9-12H2,1-4H3/b18-13?,22-6-. The normalized spacial score (nSPS) is 20.5. The molecule has 3 rings (SSSR count). The van der Waals surface area contributed by atoms with Crippen molar-refractivity contribution in [2.24, 2.45) is 10.1 Å². The van der Waals surface area contributed by atoms with E-state index in [9.17, 15) is 4.39 Å². The molecule has 7 heteroatoms. The van der Waals surface area contributed by atoms with Crippen LogP contribution in [0.4, 0.5) is 10.1 Å². The summed E-state index contributed by atoms with van der Waals surface area (Å²) in [4.78, 5) is 9.27. The average molecular weight is 378 g/mol. The highest BCUT2D eigenvalue weighted by Gasteiger charge is 2.33. The van der Waals surface area contributed by atoms with Crippen molar-refractivity contribution in [3.05, 3.63) is 34.1 Å². The van der Waals surface area contributed by atoms with Gasteiger partial charge in [0, 0.05) is 32.4 Å². The Morgan fingerprint density at radius 3 is 2.62 bits per heavy atom. The van der Waals surface area contributed by atoms with E-state index < -0.39 is 5.82 Å². The molecule has 0 amide bonds. The van der Waals surface area contributed by atoms with Gasteiger partial charge in [-0.1, -0.05) is 18.5 Å². The van der Waals surface area contributed by atoms with Crippen molar-refractivity contribution in [1.82, 2.24) is 14.8 Å². The van der Waals surface area contributed by atoms with Crippen LogP contribution in [0.5, 0.6) is 0 Å². The van der Waals surface area contributed by atoms with E-state index in [4.69, 9.17) is 16.6 Å². The first-order chi connectivity index (χ1) is 12.5. The van der Waals surface area contributed by atoms with Crippen LogP contribution in [0.2, 0.25) is 5.02 Å². The Morgan fingerprint density at radius 2 is 2.00 bits per heavy atom. The molecule has 0 bridgehead atoms. The smallest absolute Gasteiger partial charge is 0.227 e. The molecule has 0 aliphatic carbocycles. The van der Waals surface area contributed by atoms with E-state index in [0.717, 1.165) is 49.8 Å². The molecule has 2 aliphatic heterocycles. The molecule has 2 aliphatic rings. The van der Waals surface area contributed by atoms with Crippen LogP contribution in [0.3, 0.4) is 0 Å². The molecule has 2 heterocycles. The molecule has 140 valence electrons. The Kier molecular flexibility index (Phi) is 5.63. The lowest BCUT2D eigenvalue weighted by atomic mass is 10.0. The number of rotatable bonds is 2. The number of guanidine groups is 1. The number of piperazine rings is 1. The molecule has 0 spiro atoms. The van der Waals surface area contributed by atoms with Crippen molar-refractivity contribution < 1.29 is 4.39 Å².